The van der Waals surface area contributed by atoms with Gasteiger partial charge in [0.15, 0.2) is 0 Å². The van der Waals surface area contributed by atoms with Crippen LogP contribution in [-0.2, 0) is 6.54 Å². The molecule has 0 atom stereocenters. The largest absolute Gasteiger partial charge is 0.398 e. The standard InChI is InChI=1S/C18H25N3O2/c1-5-6-10-21-11-12(17(23)20-18(2,3)4)16(22)15-13(19)8-7-9-14(15)21/h7-9,11H,5-6,10,19H2,1-4H3,(H,20,23). The zero-order valence-electron chi connectivity index (χ0n) is 14.3. The summed E-state index contributed by atoms with van der Waals surface area (Å²) in [5.74, 6) is -0.363. The van der Waals surface area contributed by atoms with E-state index >= 15 is 0 Å². The highest BCUT2D eigenvalue weighted by Gasteiger charge is 2.20. The van der Waals surface area contributed by atoms with E-state index in [2.05, 4.69) is 12.2 Å². The van der Waals surface area contributed by atoms with Crippen molar-refractivity contribution in [1.82, 2.24) is 9.88 Å². The van der Waals surface area contributed by atoms with Gasteiger partial charge in [-0.1, -0.05) is 19.4 Å². The normalized spacial score (nSPS) is 11.7. The summed E-state index contributed by atoms with van der Waals surface area (Å²) in [5.41, 5.74) is 6.61. The van der Waals surface area contributed by atoms with Crippen LogP contribution in [0.1, 0.15) is 50.9 Å². The van der Waals surface area contributed by atoms with E-state index in [9.17, 15) is 9.59 Å². The molecule has 1 aromatic heterocycles. The lowest BCUT2D eigenvalue weighted by Crippen LogP contribution is -2.42. The van der Waals surface area contributed by atoms with Crippen LogP contribution in [-0.4, -0.2) is 16.0 Å². The number of aryl methyl sites for hydroxylation is 1. The number of amides is 1. The van der Waals surface area contributed by atoms with Crippen LogP contribution in [0.3, 0.4) is 0 Å². The zero-order valence-corrected chi connectivity index (χ0v) is 14.3. The first-order chi connectivity index (χ1) is 10.7. The van der Waals surface area contributed by atoms with Gasteiger partial charge in [-0.2, -0.15) is 0 Å². The lowest BCUT2D eigenvalue weighted by molar-refractivity contribution is 0.0918. The predicted molar refractivity (Wildman–Crippen MR) is 94.7 cm³/mol. The van der Waals surface area contributed by atoms with E-state index in [1.54, 1.807) is 12.3 Å². The molecule has 0 spiro atoms. The molecule has 0 aliphatic heterocycles. The molecule has 1 amide bonds. The van der Waals surface area contributed by atoms with Crippen molar-refractivity contribution in [2.75, 3.05) is 5.73 Å². The van der Waals surface area contributed by atoms with Crippen LogP contribution >= 0.6 is 0 Å². The summed E-state index contributed by atoms with van der Waals surface area (Å²) < 4.78 is 1.95. The van der Waals surface area contributed by atoms with E-state index in [4.69, 9.17) is 5.73 Å². The van der Waals surface area contributed by atoms with Gasteiger partial charge in [-0.3, -0.25) is 9.59 Å². The van der Waals surface area contributed by atoms with Crippen molar-refractivity contribution in [1.29, 1.82) is 0 Å². The maximum atomic E-state index is 12.7. The van der Waals surface area contributed by atoms with Crippen molar-refractivity contribution in [3.05, 3.63) is 40.2 Å². The number of fused-ring (bicyclic) bond motifs is 1. The molecule has 23 heavy (non-hydrogen) atoms. The Kier molecular flexibility index (Phi) is 4.78. The molecule has 0 saturated carbocycles. The van der Waals surface area contributed by atoms with E-state index < -0.39 is 5.54 Å². The number of nitrogens with one attached hydrogen (secondary N) is 1. The minimum atomic E-state index is -0.408. The van der Waals surface area contributed by atoms with Gasteiger partial charge in [0.25, 0.3) is 5.91 Å². The topological polar surface area (TPSA) is 77.1 Å². The number of carbonyl (C=O) groups is 1. The summed E-state index contributed by atoms with van der Waals surface area (Å²) in [5, 5.41) is 3.27. The van der Waals surface area contributed by atoms with Gasteiger partial charge in [0.1, 0.15) is 5.56 Å². The average Bonchev–Trinajstić information content (AvgIpc) is 2.44. The number of hydrogen-bond acceptors (Lipinski definition) is 3. The number of carbonyl (C=O) groups excluding carboxylic acids is 1. The van der Waals surface area contributed by atoms with Gasteiger partial charge in [-0.05, 0) is 39.3 Å². The fourth-order valence-corrected chi connectivity index (χ4v) is 2.55. The quantitative estimate of drug-likeness (QED) is 0.852. The predicted octanol–water partition coefficient (Wildman–Crippen LogP) is 2.91. The molecule has 5 nitrogen and oxygen atoms in total. The molecule has 0 bridgehead atoms. The van der Waals surface area contributed by atoms with Gasteiger partial charge in [0.05, 0.1) is 10.9 Å². The Hall–Kier alpha value is -2.30. The number of nitrogens with zero attached hydrogens (tertiary/aromatic N) is 1. The molecule has 2 aromatic rings. The summed E-state index contributed by atoms with van der Waals surface area (Å²) in [4.78, 5) is 25.2. The Bertz CT molecular complexity index is 785. The Balaban J connectivity index is 2.66. The van der Waals surface area contributed by atoms with Crippen LogP contribution in [0.2, 0.25) is 0 Å². The van der Waals surface area contributed by atoms with Crippen molar-refractivity contribution in [2.45, 2.75) is 52.6 Å². The Morgan fingerprint density at radius 1 is 1.30 bits per heavy atom. The van der Waals surface area contributed by atoms with Gasteiger partial charge in [0.2, 0.25) is 5.43 Å². The minimum Gasteiger partial charge on any atom is -0.398 e. The molecule has 1 heterocycles. The number of unbranched alkanes of at least 4 members (excludes halogenated alkanes) is 1. The summed E-state index contributed by atoms with van der Waals surface area (Å²) in [6, 6.07) is 5.39. The molecule has 1 aromatic carbocycles. The van der Waals surface area contributed by atoms with Gasteiger partial charge < -0.3 is 15.6 Å². The molecular formula is C18H25N3O2. The lowest BCUT2D eigenvalue weighted by atomic mass is 10.1. The van der Waals surface area contributed by atoms with Gasteiger partial charge in [-0.15, -0.1) is 0 Å². The van der Waals surface area contributed by atoms with E-state index in [1.807, 2.05) is 37.5 Å². The van der Waals surface area contributed by atoms with E-state index in [-0.39, 0.29) is 16.9 Å². The summed E-state index contributed by atoms with van der Waals surface area (Å²) in [6.07, 6.45) is 3.65. The third-order valence-corrected chi connectivity index (χ3v) is 3.63. The van der Waals surface area contributed by atoms with Gasteiger partial charge in [-0.25, -0.2) is 0 Å². The smallest absolute Gasteiger partial charge is 0.257 e. The lowest BCUT2D eigenvalue weighted by Gasteiger charge is -2.21. The Morgan fingerprint density at radius 2 is 2.00 bits per heavy atom. The molecule has 0 unspecified atom stereocenters. The molecule has 0 aliphatic rings. The number of nitrogen functional groups attached to an aromatic ring is 1. The highest BCUT2D eigenvalue weighted by molar-refractivity contribution is 6.00. The van der Waals surface area contributed by atoms with Crippen molar-refractivity contribution in [2.24, 2.45) is 0 Å². The van der Waals surface area contributed by atoms with Gasteiger partial charge >= 0.3 is 0 Å². The SMILES string of the molecule is CCCCn1cc(C(=O)NC(C)(C)C)c(=O)c2c(N)cccc21. The van der Waals surface area contributed by atoms with Crippen LogP contribution in [0.4, 0.5) is 5.69 Å². The van der Waals surface area contributed by atoms with Crippen molar-refractivity contribution >= 4 is 22.5 Å². The number of aromatic nitrogens is 1. The second-order valence-electron chi connectivity index (χ2n) is 6.86. The molecule has 0 aliphatic carbocycles. The number of nitrogens with two attached hydrogens (primary N) is 1. The first kappa shape index (κ1) is 17.1. The van der Waals surface area contributed by atoms with Crippen molar-refractivity contribution in [3.63, 3.8) is 0 Å². The fraction of sp³-hybridized carbons (Fsp3) is 0.444. The maximum absolute atomic E-state index is 12.7. The number of pyridine rings is 1. The summed E-state index contributed by atoms with van der Waals surface area (Å²) in [6.45, 7) is 8.50. The first-order valence-electron chi connectivity index (χ1n) is 7.98. The third kappa shape index (κ3) is 3.73. The Labute approximate surface area is 136 Å². The average molecular weight is 315 g/mol. The second kappa shape index (κ2) is 6.44. The zero-order chi connectivity index (χ0) is 17.2. The monoisotopic (exact) mass is 315 g/mol. The molecule has 0 fully saturated rings. The molecule has 5 heteroatoms. The van der Waals surface area contributed by atoms with Crippen LogP contribution in [0.15, 0.2) is 29.2 Å². The minimum absolute atomic E-state index is 0.140. The van der Waals surface area contributed by atoms with Crippen molar-refractivity contribution < 1.29 is 4.79 Å². The molecule has 3 N–H and O–H groups in total. The number of rotatable bonds is 4. The summed E-state index contributed by atoms with van der Waals surface area (Å²) >= 11 is 0. The molecular weight excluding hydrogens is 290 g/mol. The fourth-order valence-electron chi connectivity index (χ4n) is 2.55. The third-order valence-electron chi connectivity index (χ3n) is 3.63. The molecule has 0 saturated heterocycles. The van der Waals surface area contributed by atoms with E-state index in [0.717, 1.165) is 24.9 Å². The number of anilines is 1. The van der Waals surface area contributed by atoms with Crippen LogP contribution in [0.5, 0.6) is 0 Å². The number of hydrogen-bond donors (Lipinski definition) is 2. The van der Waals surface area contributed by atoms with E-state index in [1.165, 1.54) is 0 Å². The summed E-state index contributed by atoms with van der Waals surface area (Å²) in [7, 11) is 0. The molecule has 0 radical (unpaired) electrons. The maximum Gasteiger partial charge on any atom is 0.257 e. The highest BCUT2D eigenvalue weighted by atomic mass is 16.2. The van der Waals surface area contributed by atoms with Gasteiger partial charge in [0, 0.05) is 24.0 Å². The highest BCUT2D eigenvalue weighted by Crippen LogP contribution is 2.19. The molecule has 124 valence electrons. The van der Waals surface area contributed by atoms with Crippen LogP contribution in [0, 0.1) is 0 Å². The van der Waals surface area contributed by atoms with Crippen LogP contribution < -0.4 is 16.5 Å². The second-order valence-corrected chi connectivity index (χ2v) is 6.86. The van der Waals surface area contributed by atoms with Crippen molar-refractivity contribution in [3.8, 4) is 0 Å². The molecule has 2 rings (SSSR count). The first-order valence-corrected chi connectivity index (χ1v) is 7.98. The van der Waals surface area contributed by atoms with Crippen LogP contribution in [0.25, 0.3) is 10.9 Å². The number of benzene rings is 1. The Morgan fingerprint density at radius 3 is 2.61 bits per heavy atom. The van der Waals surface area contributed by atoms with E-state index in [0.29, 0.717) is 11.1 Å².